The van der Waals surface area contributed by atoms with E-state index in [9.17, 15) is 0 Å². The van der Waals surface area contributed by atoms with E-state index in [2.05, 4.69) is 25.8 Å². The summed E-state index contributed by atoms with van der Waals surface area (Å²) in [4.78, 5) is 8.28. The van der Waals surface area contributed by atoms with Crippen LogP contribution >= 0.6 is 0 Å². The highest BCUT2D eigenvalue weighted by atomic mass is 14.9. The van der Waals surface area contributed by atoms with Gasteiger partial charge in [0, 0.05) is 18.0 Å². The van der Waals surface area contributed by atoms with E-state index < -0.39 is 0 Å². The lowest BCUT2D eigenvalue weighted by molar-refractivity contribution is 0.545. The van der Waals surface area contributed by atoms with E-state index in [1.165, 1.54) is 42.9 Å². The minimum Gasteiger partial charge on any atom is -0.346 e. The largest absolute Gasteiger partial charge is 0.346 e. The molecular weight excluding hydrogens is 184 g/mol. The number of aromatic nitrogens is 2. The molecule has 1 aliphatic rings. The summed E-state index contributed by atoms with van der Waals surface area (Å²) < 4.78 is 0. The molecule has 84 valence electrons. The molecule has 0 aromatic carbocycles. The standard InChI is InChI=1S/C13H22N2/c1-4-9(2)8-12-14-11-7-5-6-10(3)13(11)15-12/h9-10H,4-8H2,1-3H3,(H,14,15). The Morgan fingerprint density at radius 3 is 3.00 bits per heavy atom. The van der Waals surface area contributed by atoms with Crippen molar-refractivity contribution in [2.24, 2.45) is 5.92 Å². The van der Waals surface area contributed by atoms with Crippen LogP contribution in [0.3, 0.4) is 0 Å². The van der Waals surface area contributed by atoms with Crippen molar-refractivity contribution in [3.05, 3.63) is 17.2 Å². The fourth-order valence-corrected chi connectivity index (χ4v) is 2.37. The van der Waals surface area contributed by atoms with Gasteiger partial charge in [0.05, 0.1) is 5.69 Å². The number of rotatable bonds is 3. The number of nitrogens with one attached hydrogen (secondary N) is 1. The van der Waals surface area contributed by atoms with Crippen LogP contribution < -0.4 is 0 Å². The molecular formula is C13H22N2. The summed E-state index contributed by atoms with van der Waals surface area (Å²) >= 11 is 0. The van der Waals surface area contributed by atoms with Crippen LogP contribution in [0.5, 0.6) is 0 Å². The first-order valence-corrected chi connectivity index (χ1v) is 6.28. The Labute approximate surface area is 92.5 Å². The number of hydrogen-bond acceptors (Lipinski definition) is 1. The van der Waals surface area contributed by atoms with Crippen LogP contribution in [-0.2, 0) is 12.8 Å². The normalized spacial score (nSPS) is 22.5. The first-order chi connectivity index (χ1) is 7.20. The van der Waals surface area contributed by atoms with Gasteiger partial charge in [-0.25, -0.2) is 4.98 Å². The van der Waals surface area contributed by atoms with Crippen molar-refractivity contribution in [3.63, 3.8) is 0 Å². The van der Waals surface area contributed by atoms with Gasteiger partial charge in [0.2, 0.25) is 0 Å². The Bertz CT molecular complexity index is 327. The molecule has 2 atom stereocenters. The third-order valence-electron chi connectivity index (χ3n) is 3.63. The first kappa shape index (κ1) is 10.7. The Kier molecular flexibility index (Phi) is 3.13. The zero-order valence-electron chi connectivity index (χ0n) is 10.1. The molecule has 0 bridgehead atoms. The lowest BCUT2D eigenvalue weighted by atomic mass is 9.92. The van der Waals surface area contributed by atoms with Crippen molar-refractivity contribution in [1.82, 2.24) is 9.97 Å². The molecule has 0 saturated carbocycles. The van der Waals surface area contributed by atoms with Gasteiger partial charge in [0.15, 0.2) is 0 Å². The Balaban J connectivity index is 2.14. The summed E-state index contributed by atoms with van der Waals surface area (Å²) in [5.41, 5.74) is 2.76. The number of fused-ring (bicyclic) bond motifs is 1. The number of hydrogen-bond donors (Lipinski definition) is 1. The molecule has 2 unspecified atom stereocenters. The molecule has 1 aromatic rings. The summed E-state index contributed by atoms with van der Waals surface area (Å²) in [6.45, 7) is 6.84. The molecule has 15 heavy (non-hydrogen) atoms. The van der Waals surface area contributed by atoms with Gasteiger partial charge in [-0.1, -0.05) is 27.2 Å². The molecule has 2 heteroatoms. The fraction of sp³-hybridized carbons (Fsp3) is 0.769. The van der Waals surface area contributed by atoms with E-state index in [1.54, 1.807) is 0 Å². The molecule has 1 heterocycles. The molecule has 0 radical (unpaired) electrons. The van der Waals surface area contributed by atoms with Gasteiger partial charge in [0.25, 0.3) is 0 Å². The van der Waals surface area contributed by atoms with Crippen LogP contribution in [0.1, 0.15) is 63.2 Å². The quantitative estimate of drug-likeness (QED) is 0.806. The van der Waals surface area contributed by atoms with E-state index in [0.29, 0.717) is 5.92 Å². The topological polar surface area (TPSA) is 28.7 Å². The maximum absolute atomic E-state index is 4.76. The highest BCUT2D eigenvalue weighted by Gasteiger charge is 2.20. The van der Waals surface area contributed by atoms with Crippen molar-refractivity contribution < 1.29 is 0 Å². The van der Waals surface area contributed by atoms with Gasteiger partial charge in [0.1, 0.15) is 5.82 Å². The zero-order valence-corrected chi connectivity index (χ0v) is 10.1. The number of imidazole rings is 1. The first-order valence-electron chi connectivity index (χ1n) is 6.28. The van der Waals surface area contributed by atoms with Crippen molar-refractivity contribution in [1.29, 1.82) is 0 Å². The van der Waals surface area contributed by atoms with Crippen molar-refractivity contribution in [2.75, 3.05) is 0 Å². The van der Waals surface area contributed by atoms with Crippen LogP contribution in [0, 0.1) is 5.92 Å². The number of aryl methyl sites for hydroxylation is 1. The average Bonchev–Trinajstić information content (AvgIpc) is 2.62. The zero-order chi connectivity index (χ0) is 10.8. The molecule has 0 amide bonds. The third kappa shape index (κ3) is 2.24. The highest BCUT2D eigenvalue weighted by molar-refractivity contribution is 5.21. The van der Waals surface area contributed by atoms with E-state index >= 15 is 0 Å². The predicted molar refractivity (Wildman–Crippen MR) is 63.1 cm³/mol. The third-order valence-corrected chi connectivity index (χ3v) is 3.63. The second kappa shape index (κ2) is 4.38. The van der Waals surface area contributed by atoms with Gasteiger partial charge in [-0.3, -0.25) is 0 Å². The fourth-order valence-electron chi connectivity index (χ4n) is 2.37. The van der Waals surface area contributed by atoms with E-state index in [4.69, 9.17) is 4.98 Å². The van der Waals surface area contributed by atoms with Crippen LogP contribution in [0.2, 0.25) is 0 Å². The Hall–Kier alpha value is -0.790. The number of aromatic amines is 1. The monoisotopic (exact) mass is 206 g/mol. The summed E-state index contributed by atoms with van der Waals surface area (Å²) in [6, 6.07) is 0. The van der Waals surface area contributed by atoms with E-state index in [1.807, 2.05) is 0 Å². The van der Waals surface area contributed by atoms with Gasteiger partial charge >= 0.3 is 0 Å². The maximum atomic E-state index is 4.76. The molecule has 0 aliphatic heterocycles. The Morgan fingerprint density at radius 2 is 2.33 bits per heavy atom. The lowest BCUT2D eigenvalue weighted by Gasteiger charge is -2.15. The summed E-state index contributed by atoms with van der Waals surface area (Å²) in [7, 11) is 0. The van der Waals surface area contributed by atoms with Crippen LogP contribution in [0.25, 0.3) is 0 Å². The van der Waals surface area contributed by atoms with Crippen LogP contribution in [-0.4, -0.2) is 9.97 Å². The summed E-state index contributed by atoms with van der Waals surface area (Å²) in [5.74, 6) is 2.62. The van der Waals surface area contributed by atoms with Gasteiger partial charge < -0.3 is 4.98 Å². The second-order valence-corrected chi connectivity index (χ2v) is 5.06. The minimum atomic E-state index is 0.663. The van der Waals surface area contributed by atoms with E-state index in [-0.39, 0.29) is 0 Å². The minimum absolute atomic E-state index is 0.663. The van der Waals surface area contributed by atoms with Gasteiger partial charge in [-0.05, 0) is 25.2 Å². The number of nitrogens with zero attached hydrogens (tertiary/aromatic N) is 1. The van der Waals surface area contributed by atoms with Crippen molar-refractivity contribution in [2.45, 2.75) is 58.8 Å². The average molecular weight is 206 g/mol. The van der Waals surface area contributed by atoms with Crippen molar-refractivity contribution >= 4 is 0 Å². The highest BCUT2D eigenvalue weighted by Crippen LogP contribution is 2.29. The smallest absolute Gasteiger partial charge is 0.106 e. The molecule has 0 fully saturated rings. The van der Waals surface area contributed by atoms with Gasteiger partial charge in [-0.15, -0.1) is 0 Å². The van der Waals surface area contributed by atoms with Crippen LogP contribution in [0.4, 0.5) is 0 Å². The molecule has 2 rings (SSSR count). The Morgan fingerprint density at radius 1 is 1.53 bits per heavy atom. The SMILES string of the molecule is CCC(C)Cc1nc2c([nH]1)CCCC2C. The molecule has 1 aliphatic carbocycles. The number of H-pyrrole nitrogens is 1. The van der Waals surface area contributed by atoms with Gasteiger partial charge in [-0.2, -0.15) is 0 Å². The molecule has 2 nitrogen and oxygen atoms in total. The summed E-state index contributed by atoms with van der Waals surface area (Å²) in [6.07, 6.45) is 6.17. The predicted octanol–water partition coefficient (Wildman–Crippen LogP) is 3.44. The summed E-state index contributed by atoms with van der Waals surface area (Å²) in [5, 5.41) is 0. The van der Waals surface area contributed by atoms with Crippen molar-refractivity contribution in [3.8, 4) is 0 Å². The molecule has 0 spiro atoms. The van der Waals surface area contributed by atoms with Crippen LogP contribution in [0.15, 0.2) is 0 Å². The second-order valence-electron chi connectivity index (χ2n) is 5.06. The van der Waals surface area contributed by atoms with E-state index in [0.717, 1.165) is 12.3 Å². The molecule has 1 aromatic heterocycles. The maximum Gasteiger partial charge on any atom is 0.106 e. The lowest BCUT2D eigenvalue weighted by Crippen LogP contribution is -2.05. The molecule has 1 N–H and O–H groups in total. The molecule has 0 saturated heterocycles.